The van der Waals surface area contributed by atoms with Crippen LogP contribution in [-0.2, 0) is 16.1 Å². The van der Waals surface area contributed by atoms with Gasteiger partial charge in [-0.1, -0.05) is 35.9 Å². The summed E-state index contributed by atoms with van der Waals surface area (Å²) in [6.45, 7) is -0.0627. The van der Waals surface area contributed by atoms with Crippen LogP contribution in [0.25, 0.3) is 6.08 Å². The Labute approximate surface area is 229 Å². The lowest BCUT2D eigenvalue weighted by molar-refractivity contribution is -0.123. The van der Waals surface area contributed by atoms with Crippen LogP contribution in [0.2, 0.25) is 5.02 Å². The fraction of sp³-hybridized carbons (Fsp3) is 0.115. The van der Waals surface area contributed by atoms with E-state index < -0.39 is 11.1 Å². The molecule has 1 fully saturated rings. The van der Waals surface area contributed by atoms with E-state index in [2.05, 4.69) is 21.2 Å². The molecule has 8 nitrogen and oxygen atoms in total. The summed E-state index contributed by atoms with van der Waals surface area (Å²) >= 11 is 10.6. The number of halogens is 2. The molecule has 0 spiro atoms. The van der Waals surface area contributed by atoms with E-state index in [-0.39, 0.29) is 30.8 Å². The van der Waals surface area contributed by atoms with Gasteiger partial charge < -0.3 is 19.5 Å². The molecule has 3 amide bonds. The van der Waals surface area contributed by atoms with E-state index in [0.717, 1.165) is 16.7 Å². The second-order valence-electron chi connectivity index (χ2n) is 7.96. The normalized spacial score (nSPS) is 15.4. The molecule has 2 heterocycles. The summed E-state index contributed by atoms with van der Waals surface area (Å²) in [5.41, 5.74) is 1.94. The number of hydrogen-bond donors (Lipinski definition) is 1. The Balaban J connectivity index is 1.23. The van der Waals surface area contributed by atoms with Gasteiger partial charge in [0.05, 0.1) is 15.9 Å². The van der Waals surface area contributed by atoms with E-state index in [0.29, 0.717) is 43.6 Å². The third-order valence-corrected chi connectivity index (χ3v) is 7.29. The summed E-state index contributed by atoms with van der Waals surface area (Å²) in [5.74, 6) is 0.798. The number of fused-ring (bicyclic) bond motifs is 1. The average molecular weight is 602 g/mol. The Bertz CT molecular complexity index is 1430. The first-order valence-corrected chi connectivity index (χ1v) is 13.0. The summed E-state index contributed by atoms with van der Waals surface area (Å²) in [5, 5.41) is 2.73. The highest BCUT2D eigenvalue weighted by Crippen LogP contribution is 2.39. The highest BCUT2D eigenvalue weighted by atomic mass is 79.9. The Morgan fingerprint density at radius 3 is 2.62 bits per heavy atom. The van der Waals surface area contributed by atoms with Gasteiger partial charge >= 0.3 is 0 Å². The van der Waals surface area contributed by atoms with Crippen molar-refractivity contribution >= 4 is 68.1 Å². The van der Waals surface area contributed by atoms with Gasteiger partial charge in [0.15, 0.2) is 18.1 Å². The lowest BCUT2D eigenvalue weighted by atomic mass is 10.1. The molecule has 1 saturated heterocycles. The van der Waals surface area contributed by atoms with Gasteiger partial charge in [-0.2, -0.15) is 0 Å². The molecule has 0 atom stereocenters. The zero-order chi connectivity index (χ0) is 25.9. The fourth-order valence-corrected chi connectivity index (χ4v) is 5.19. The minimum atomic E-state index is -0.419. The molecule has 11 heteroatoms. The number of benzene rings is 3. The molecule has 37 heavy (non-hydrogen) atoms. The third kappa shape index (κ3) is 5.76. The molecule has 3 aromatic carbocycles. The molecule has 0 radical (unpaired) electrons. The first kappa shape index (κ1) is 25.2. The maximum Gasteiger partial charge on any atom is 0.293 e. The number of carbonyl (C=O) groups excluding carboxylic acids is 3. The molecule has 0 saturated carbocycles. The van der Waals surface area contributed by atoms with Crippen LogP contribution in [0, 0.1) is 0 Å². The van der Waals surface area contributed by atoms with E-state index in [1.807, 2.05) is 18.2 Å². The molecular formula is C26H18BrClN2O6S. The zero-order valence-electron chi connectivity index (χ0n) is 19.0. The van der Waals surface area contributed by atoms with Crippen molar-refractivity contribution in [3.05, 3.63) is 86.2 Å². The number of nitrogens with one attached hydrogen (secondary N) is 1. The van der Waals surface area contributed by atoms with Gasteiger partial charge in [-0.25, -0.2) is 0 Å². The van der Waals surface area contributed by atoms with Crippen molar-refractivity contribution in [1.82, 2.24) is 4.90 Å². The van der Waals surface area contributed by atoms with Crippen LogP contribution >= 0.6 is 39.3 Å². The van der Waals surface area contributed by atoms with Gasteiger partial charge in [-0.15, -0.1) is 0 Å². The SMILES string of the molecule is O=C(COc1ccc(/C=C2\SC(=O)N(Cc3cc4c(cc3Cl)OCO4)C2=O)cc1Br)Nc1ccccc1. The first-order valence-electron chi connectivity index (χ1n) is 11.0. The predicted molar refractivity (Wildman–Crippen MR) is 144 cm³/mol. The smallest absolute Gasteiger partial charge is 0.293 e. The number of amides is 3. The molecule has 0 aromatic heterocycles. The van der Waals surface area contributed by atoms with Crippen molar-refractivity contribution < 1.29 is 28.6 Å². The molecule has 0 unspecified atom stereocenters. The van der Waals surface area contributed by atoms with Gasteiger partial charge in [0.2, 0.25) is 6.79 Å². The molecule has 188 valence electrons. The second-order valence-corrected chi connectivity index (χ2v) is 10.2. The number of ether oxygens (including phenoxy) is 3. The summed E-state index contributed by atoms with van der Waals surface area (Å²) in [4.78, 5) is 39.1. The number of imide groups is 1. The van der Waals surface area contributed by atoms with Crippen LogP contribution in [0.4, 0.5) is 10.5 Å². The number of hydrogen-bond acceptors (Lipinski definition) is 7. The summed E-state index contributed by atoms with van der Waals surface area (Å²) in [6, 6.07) is 17.5. The van der Waals surface area contributed by atoms with E-state index in [4.69, 9.17) is 25.8 Å². The number of para-hydroxylation sites is 1. The van der Waals surface area contributed by atoms with E-state index in [1.54, 1.807) is 48.5 Å². The molecule has 5 rings (SSSR count). The van der Waals surface area contributed by atoms with Gasteiger partial charge in [-0.3, -0.25) is 19.3 Å². The molecule has 2 aliphatic rings. The predicted octanol–water partition coefficient (Wildman–Crippen LogP) is 6.09. The van der Waals surface area contributed by atoms with Crippen LogP contribution in [0.3, 0.4) is 0 Å². The monoisotopic (exact) mass is 600 g/mol. The largest absolute Gasteiger partial charge is 0.483 e. The van der Waals surface area contributed by atoms with Crippen molar-refractivity contribution in [3.8, 4) is 17.2 Å². The number of rotatable bonds is 7. The minimum Gasteiger partial charge on any atom is -0.483 e. The van der Waals surface area contributed by atoms with E-state index in [9.17, 15) is 14.4 Å². The lowest BCUT2D eigenvalue weighted by Gasteiger charge is -2.14. The van der Waals surface area contributed by atoms with Crippen molar-refractivity contribution in [2.45, 2.75) is 6.54 Å². The quantitative estimate of drug-likeness (QED) is 0.328. The summed E-state index contributed by atoms with van der Waals surface area (Å²) < 4.78 is 16.9. The van der Waals surface area contributed by atoms with Crippen molar-refractivity contribution in [1.29, 1.82) is 0 Å². The molecular weight excluding hydrogens is 584 g/mol. The van der Waals surface area contributed by atoms with Gasteiger partial charge in [0, 0.05) is 16.8 Å². The van der Waals surface area contributed by atoms with E-state index >= 15 is 0 Å². The Morgan fingerprint density at radius 1 is 1.11 bits per heavy atom. The minimum absolute atomic E-state index is 0.0129. The maximum absolute atomic E-state index is 13.0. The standard InChI is InChI=1S/C26H18BrClN2O6S/c27-18-8-15(6-7-20(18)34-13-24(31)29-17-4-2-1-3-5-17)9-23-25(32)30(26(33)37-23)12-16-10-21-22(11-19(16)28)36-14-35-21/h1-11H,12-14H2,(H,29,31)/b23-9-. The number of anilines is 1. The second kappa shape index (κ2) is 10.9. The fourth-order valence-electron chi connectivity index (χ4n) is 3.62. The third-order valence-electron chi connectivity index (χ3n) is 5.41. The molecule has 1 N–H and O–H groups in total. The van der Waals surface area contributed by atoms with Crippen LogP contribution < -0.4 is 19.5 Å². The lowest BCUT2D eigenvalue weighted by Crippen LogP contribution is -2.27. The Kier molecular flexibility index (Phi) is 7.40. The first-order chi connectivity index (χ1) is 17.9. The molecule has 0 bridgehead atoms. The van der Waals surface area contributed by atoms with Crippen LogP contribution in [0.5, 0.6) is 17.2 Å². The van der Waals surface area contributed by atoms with Crippen molar-refractivity contribution in [3.63, 3.8) is 0 Å². The average Bonchev–Trinajstić information content (AvgIpc) is 3.43. The van der Waals surface area contributed by atoms with Gasteiger partial charge in [0.25, 0.3) is 17.1 Å². The highest BCUT2D eigenvalue weighted by Gasteiger charge is 2.35. The van der Waals surface area contributed by atoms with Crippen molar-refractivity contribution in [2.24, 2.45) is 0 Å². The summed E-state index contributed by atoms with van der Waals surface area (Å²) in [7, 11) is 0. The number of thioether (sulfide) groups is 1. The maximum atomic E-state index is 13.0. The van der Waals surface area contributed by atoms with Gasteiger partial charge in [-0.05, 0) is 75.2 Å². The van der Waals surface area contributed by atoms with Gasteiger partial charge in [0.1, 0.15) is 5.75 Å². The number of carbonyl (C=O) groups is 3. The Hall–Kier alpha value is -3.47. The zero-order valence-corrected chi connectivity index (χ0v) is 22.2. The molecule has 0 aliphatic carbocycles. The van der Waals surface area contributed by atoms with Crippen molar-refractivity contribution in [2.75, 3.05) is 18.7 Å². The van der Waals surface area contributed by atoms with Crippen LogP contribution in [0.15, 0.2) is 70.0 Å². The Morgan fingerprint density at radius 2 is 1.86 bits per heavy atom. The molecule has 3 aromatic rings. The van der Waals surface area contributed by atoms with E-state index in [1.165, 1.54) is 0 Å². The summed E-state index contributed by atoms with van der Waals surface area (Å²) in [6.07, 6.45) is 1.63. The van der Waals surface area contributed by atoms with Crippen LogP contribution in [-0.4, -0.2) is 35.4 Å². The van der Waals surface area contributed by atoms with Crippen LogP contribution in [0.1, 0.15) is 11.1 Å². The topological polar surface area (TPSA) is 94.2 Å². The molecule has 2 aliphatic heterocycles. The highest BCUT2D eigenvalue weighted by molar-refractivity contribution is 9.10. The number of nitrogens with zero attached hydrogens (tertiary/aromatic N) is 1.